The second-order valence-corrected chi connectivity index (χ2v) is 11.7. The third-order valence-corrected chi connectivity index (χ3v) is 7.53. The Morgan fingerprint density at radius 2 is 1.13 bits per heavy atom. The Morgan fingerprint density at radius 3 is 1.59 bits per heavy atom. The highest BCUT2D eigenvalue weighted by molar-refractivity contribution is 14.1. The fourth-order valence-corrected chi connectivity index (χ4v) is 4.66. The first-order valence-corrected chi connectivity index (χ1v) is 17.5. The van der Waals surface area contributed by atoms with Gasteiger partial charge in [-0.3, -0.25) is 0 Å². The van der Waals surface area contributed by atoms with Gasteiger partial charge in [0.2, 0.25) is 0 Å². The van der Waals surface area contributed by atoms with Crippen molar-refractivity contribution in [1.29, 1.82) is 0 Å². The lowest BCUT2D eigenvalue weighted by atomic mass is 10.1. The van der Waals surface area contributed by atoms with Crippen LogP contribution in [0.5, 0.6) is 23.0 Å². The molecule has 12 heteroatoms. The van der Waals surface area contributed by atoms with Crippen molar-refractivity contribution >= 4 is 63.3 Å². The largest absolute Gasteiger partial charge is 0.508 e. The van der Waals surface area contributed by atoms with Crippen LogP contribution in [0, 0.1) is 13.8 Å². The topological polar surface area (TPSA) is 157 Å². The van der Waals surface area contributed by atoms with Gasteiger partial charge in [0.1, 0.15) is 11.5 Å². The van der Waals surface area contributed by atoms with Gasteiger partial charge >= 0.3 is 18.1 Å². The van der Waals surface area contributed by atoms with Gasteiger partial charge in [-0.15, -0.1) is 0 Å². The normalized spacial score (nSPS) is 9.50. The number of rotatable bonds is 15. The van der Waals surface area contributed by atoms with Crippen molar-refractivity contribution in [3.63, 3.8) is 0 Å². The van der Waals surface area contributed by atoms with Crippen LogP contribution in [0.3, 0.4) is 0 Å². The fourth-order valence-electron chi connectivity index (χ4n) is 3.58. The average Bonchev–Trinajstić information content (AvgIpc) is 3.04. The highest BCUT2D eigenvalue weighted by Crippen LogP contribution is 2.26. The molecular weight excluding hydrogens is 822 g/mol. The number of hydrogen-bond acceptors (Lipinski definition) is 8. The first kappa shape index (κ1) is 42.6. The number of carboxylic acid groups (broad SMARTS) is 2. The van der Waals surface area contributed by atoms with Gasteiger partial charge in [0.15, 0.2) is 11.5 Å². The van der Waals surface area contributed by atoms with E-state index in [0.717, 1.165) is 42.1 Å². The number of halogens is 2. The van der Waals surface area contributed by atoms with Crippen molar-refractivity contribution in [1.82, 2.24) is 0 Å². The SMILES string of the molecule is COc1ccccc1OCCCCCOc1ccc(C(=O)O)cc1C.Cc1cc(C(=O)O)ccc1O.ICCCCCI.O=C=O. The fraction of sp³-hybridized carbons (Fsp3) is 0.382. The van der Waals surface area contributed by atoms with Crippen LogP contribution >= 0.6 is 45.2 Å². The Hall–Kier alpha value is -3.36. The molecule has 0 aliphatic heterocycles. The van der Waals surface area contributed by atoms with Crippen molar-refractivity contribution in [3.05, 3.63) is 82.9 Å². The number of carbonyl (C=O) groups excluding carboxylic acids is 2. The molecule has 0 aromatic heterocycles. The lowest BCUT2D eigenvalue weighted by Gasteiger charge is -2.11. The Kier molecular flexibility index (Phi) is 24.9. The van der Waals surface area contributed by atoms with Crippen molar-refractivity contribution in [2.24, 2.45) is 0 Å². The van der Waals surface area contributed by atoms with E-state index in [9.17, 15) is 9.59 Å². The minimum Gasteiger partial charge on any atom is -0.508 e. The zero-order chi connectivity index (χ0) is 34.7. The van der Waals surface area contributed by atoms with Crippen LogP contribution in [0.25, 0.3) is 0 Å². The molecule has 252 valence electrons. The molecule has 0 aliphatic carbocycles. The first-order chi connectivity index (χ1) is 22.1. The number of benzene rings is 3. The number of para-hydroxylation sites is 2. The standard InChI is InChI=1S/C20H24O5.C8H8O3.C5H10I2.CO2/c1-15-14-16(20(21)22)10-11-17(15)24-12-6-3-7-13-25-19-9-5-4-8-18(19)23-2;1-5-4-6(8(10)11)2-3-7(5)9;6-4-2-1-3-5-7;2-1-3/h4-5,8-11,14H,3,6-7,12-13H2,1-2H3,(H,21,22);2-4,9H,1H3,(H,10,11);1-5H2;. The Morgan fingerprint density at radius 1 is 0.674 bits per heavy atom. The molecule has 0 amide bonds. The lowest BCUT2D eigenvalue weighted by Crippen LogP contribution is -2.03. The quantitative estimate of drug-likeness (QED) is 0.0774. The van der Waals surface area contributed by atoms with Crippen LogP contribution in [-0.2, 0) is 9.59 Å². The van der Waals surface area contributed by atoms with Gasteiger partial charge < -0.3 is 29.5 Å². The molecule has 0 saturated carbocycles. The minimum absolute atomic E-state index is 0.120. The predicted octanol–water partition coefficient (Wildman–Crippen LogP) is 8.17. The van der Waals surface area contributed by atoms with Crippen molar-refractivity contribution in [2.45, 2.75) is 52.4 Å². The van der Waals surface area contributed by atoms with Gasteiger partial charge in [-0.25, -0.2) is 9.59 Å². The second-order valence-electron chi connectivity index (χ2n) is 9.52. The van der Waals surface area contributed by atoms with Crippen LogP contribution in [0.1, 0.15) is 70.4 Å². The summed E-state index contributed by atoms with van der Waals surface area (Å²) < 4.78 is 19.3. The number of phenolic OH excluding ortho intramolecular Hbond substituents is 1. The molecule has 0 unspecified atom stereocenters. The molecule has 0 radical (unpaired) electrons. The van der Waals surface area contributed by atoms with E-state index in [1.807, 2.05) is 31.2 Å². The first-order valence-electron chi connectivity index (χ1n) is 14.4. The molecule has 0 fully saturated rings. The van der Waals surface area contributed by atoms with E-state index in [0.29, 0.717) is 18.8 Å². The number of carbonyl (C=O) groups is 2. The van der Waals surface area contributed by atoms with Gasteiger partial charge in [0.25, 0.3) is 0 Å². The number of aromatic hydroxyl groups is 1. The molecule has 10 nitrogen and oxygen atoms in total. The lowest BCUT2D eigenvalue weighted by molar-refractivity contribution is -0.191. The molecule has 0 atom stereocenters. The van der Waals surface area contributed by atoms with Crippen LogP contribution < -0.4 is 14.2 Å². The van der Waals surface area contributed by atoms with Gasteiger partial charge in [-0.1, -0.05) is 63.7 Å². The molecule has 0 heterocycles. The summed E-state index contributed by atoms with van der Waals surface area (Å²) in [6.07, 6.45) is 7.31. The summed E-state index contributed by atoms with van der Waals surface area (Å²) in [6.45, 7) is 4.74. The van der Waals surface area contributed by atoms with Crippen LogP contribution in [-0.4, -0.2) is 62.6 Å². The number of phenols is 1. The monoisotopic (exact) mass is 864 g/mol. The summed E-state index contributed by atoms with van der Waals surface area (Å²) in [7, 11) is 1.63. The zero-order valence-corrected chi connectivity index (χ0v) is 30.6. The molecule has 0 saturated heterocycles. The van der Waals surface area contributed by atoms with Gasteiger partial charge in [-0.05, 0) is 114 Å². The van der Waals surface area contributed by atoms with Gasteiger partial charge in [0, 0.05) is 0 Å². The van der Waals surface area contributed by atoms with Crippen LogP contribution in [0.15, 0.2) is 60.7 Å². The molecular formula is C34H42I2O10. The number of hydrogen-bond donors (Lipinski definition) is 3. The van der Waals surface area contributed by atoms with E-state index in [4.69, 9.17) is 39.1 Å². The minimum atomic E-state index is -0.979. The van der Waals surface area contributed by atoms with Crippen LogP contribution in [0.2, 0.25) is 0 Å². The van der Waals surface area contributed by atoms with E-state index in [-0.39, 0.29) is 23.0 Å². The molecule has 3 aromatic carbocycles. The third kappa shape index (κ3) is 19.2. The van der Waals surface area contributed by atoms with E-state index in [1.165, 1.54) is 46.3 Å². The Bertz CT molecular complexity index is 1340. The summed E-state index contributed by atoms with van der Waals surface area (Å²) in [4.78, 5) is 37.5. The van der Waals surface area contributed by atoms with Crippen molar-refractivity contribution in [2.75, 3.05) is 29.2 Å². The summed E-state index contributed by atoms with van der Waals surface area (Å²) in [5, 5.41) is 26.5. The molecule has 3 N–H and O–H groups in total. The molecule has 0 bridgehead atoms. The van der Waals surface area contributed by atoms with Gasteiger partial charge in [0.05, 0.1) is 31.5 Å². The Balaban J connectivity index is 0.000000789. The van der Waals surface area contributed by atoms with E-state index >= 15 is 0 Å². The summed E-state index contributed by atoms with van der Waals surface area (Å²) in [5.41, 5.74) is 1.88. The maximum absolute atomic E-state index is 10.9. The molecule has 0 spiro atoms. The molecule has 0 aliphatic rings. The van der Waals surface area contributed by atoms with E-state index in [2.05, 4.69) is 45.2 Å². The average molecular weight is 865 g/mol. The van der Waals surface area contributed by atoms with Crippen molar-refractivity contribution in [3.8, 4) is 23.0 Å². The number of aromatic carboxylic acids is 2. The van der Waals surface area contributed by atoms with Crippen molar-refractivity contribution < 1.29 is 48.7 Å². The maximum Gasteiger partial charge on any atom is 0.373 e. The van der Waals surface area contributed by atoms with E-state index in [1.54, 1.807) is 32.2 Å². The predicted molar refractivity (Wildman–Crippen MR) is 192 cm³/mol. The summed E-state index contributed by atoms with van der Waals surface area (Å²) >= 11 is 4.85. The van der Waals surface area contributed by atoms with E-state index < -0.39 is 11.9 Å². The highest BCUT2D eigenvalue weighted by atomic mass is 127. The number of ether oxygens (including phenoxy) is 3. The molecule has 3 aromatic rings. The molecule has 46 heavy (non-hydrogen) atoms. The van der Waals surface area contributed by atoms with Gasteiger partial charge in [-0.2, -0.15) is 9.59 Å². The number of aryl methyl sites for hydroxylation is 2. The maximum atomic E-state index is 10.9. The Labute approximate surface area is 297 Å². The number of carboxylic acids is 2. The molecule has 3 rings (SSSR count). The van der Waals surface area contributed by atoms with Crippen LogP contribution in [0.4, 0.5) is 0 Å². The number of methoxy groups -OCH3 is 1. The summed E-state index contributed by atoms with van der Waals surface area (Å²) in [5.74, 6) is 0.449. The smallest absolute Gasteiger partial charge is 0.373 e. The number of unbranched alkanes of at least 4 members (excludes halogenated alkanes) is 4. The highest BCUT2D eigenvalue weighted by Gasteiger charge is 2.07. The second kappa shape index (κ2) is 26.8. The zero-order valence-electron chi connectivity index (χ0n) is 26.3. The third-order valence-electron chi connectivity index (χ3n) is 6.01. The summed E-state index contributed by atoms with van der Waals surface area (Å²) in [6, 6.07) is 16.7. The number of alkyl halides is 2.